The van der Waals surface area contributed by atoms with Gasteiger partial charge in [-0.15, -0.1) is 5.10 Å². The fourth-order valence-electron chi connectivity index (χ4n) is 3.06. The Morgan fingerprint density at radius 3 is 2.79 bits per heavy atom. The molecule has 1 aromatic heterocycles. The summed E-state index contributed by atoms with van der Waals surface area (Å²) in [5.74, 6) is 0.901. The van der Waals surface area contributed by atoms with Gasteiger partial charge in [0, 0.05) is 25.2 Å². The van der Waals surface area contributed by atoms with E-state index in [1.165, 1.54) is 0 Å². The lowest BCUT2D eigenvalue weighted by molar-refractivity contribution is 0.194. The standard InChI is InChI=1S/C18H24N4O2/c1-24-18-7-3-2-5-15(18)6-4-10-21-11-8-17(9-12-21)22-13-16(14-23)19-20-22/h2-7,13,17,23H,8-12,14H2,1H3. The zero-order valence-electron chi connectivity index (χ0n) is 14.0. The number of nitrogens with zero attached hydrogens (tertiary/aromatic N) is 4. The maximum absolute atomic E-state index is 9.08. The molecule has 0 atom stereocenters. The van der Waals surface area contributed by atoms with E-state index < -0.39 is 0 Å². The molecule has 0 aliphatic carbocycles. The summed E-state index contributed by atoms with van der Waals surface area (Å²) in [4.78, 5) is 2.44. The number of likely N-dealkylation sites (tertiary alicyclic amines) is 1. The Morgan fingerprint density at radius 1 is 1.29 bits per heavy atom. The van der Waals surface area contributed by atoms with E-state index in [-0.39, 0.29) is 6.61 Å². The Kier molecular flexibility index (Phi) is 5.61. The highest BCUT2D eigenvalue weighted by molar-refractivity contribution is 5.57. The second-order valence-corrected chi connectivity index (χ2v) is 6.02. The van der Waals surface area contributed by atoms with Crippen molar-refractivity contribution in [1.29, 1.82) is 0 Å². The van der Waals surface area contributed by atoms with Gasteiger partial charge < -0.3 is 9.84 Å². The van der Waals surface area contributed by atoms with Crippen LogP contribution in [-0.4, -0.2) is 51.7 Å². The quantitative estimate of drug-likeness (QED) is 0.880. The molecule has 2 heterocycles. The average molecular weight is 328 g/mol. The summed E-state index contributed by atoms with van der Waals surface area (Å²) in [7, 11) is 1.70. The predicted molar refractivity (Wildman–Crippen MR) is 92.7 cm³/mol. The monoisotopic (exact) mass is 328 g/mol. The van der Waals surface area contributed by atoms with Gasteiger partial charge in [0.15, 0.2) is 0 Å². The molecular weight excluding hydrogens is 304 g/mol. The normalized spacial score (nSPS) is 16.8. The van der Waals surface area contributed by atoms with Gasteiger partial charge in [-0.2, -0.15) is 0 Å². The number of aliphatic hydroxyl groups is 1. The van der Waals surface area contributed by atoms with Crippen molar-refractivity contribution in [3.8, 4) is 5.75 Å². The van der Waals surface area contributed by atoms with E-state index in [9.17, 15) is 0 Å². The Balaban J connectivity index is 1.49. The largest absolute Gasteiger partial charge is 0.496 e. The highest BCUT2D eigenvalue weighted by Crippen LogP contribution is 2.22. The van der Waals surface area contributed by atoms with E-state index in [2.05, 4.69) is 33.4 Å². The van der Waals surface area contributed by atoms with Crippen LogP contribution in [0.3, 0.4) is 0 Å². The van der Waals surface area contributed by atoms with Crippen molar-refractivity contribution in [2.45, 2.75) is 25.5 Å². The molecule has 1 fully saturated rings. The molecule has 128 valence electrons. The van der Waals surface area contributed by atoms with Gasteiger partial charge in [-0.05, 0) is 18.9 Å². The fourth-order valence-corrected chi connectivity index (χ4v) is 3.06. The number of hydrogen-bond acceptors (Lipinski definition) is 5. The summed E-state index contributed by atoms with van der Waals surface area (Å²) in [5.41, 5.74) is 1.74. The van der Waals surface area contributed by atoms with Crippen molar-refractivity contribution in [3.63, 3.8) is 0 Å². The number of para-hydroxylation sites is 1. The van der Waals surface area contributed by atoms with E-state index in [1.54, 1.807) is 7.11 Å². The average Bonchev–Trinajstić information content (AvgIpc) is 3.12. The highest BCUT2D eigenvalue weighted by atomic mass is 16.5. The zero-order chi connectivity index (χ0) is 16.8. The third kappa shape index (κ3) is 4.01. The Morgan fingerprint density at radius 2 is 2.08 bits per heavy atom. The van der Waals surface area contributed by atoms with Crippen molar-refractivity contribution >= 4 is 6.08 Å². The van der Waals surface area contributed by atoms with Gasteiger partial charge in [-0.1, -0.05) is 35.6 Å². The lowest BCUT2D eigenvalue weighted by Gasteiger charge is -2.30. The number of aromatic nitrogens is 3. The molecule has 1 N–H and O–H groups in total. The number of ether oxygens (including phenoxy) is 1. The van der Waals surface area contributed by atoms with Crippen LogP contribution in [0, 0.1) is 0 Å². The third-order valence-corrected chi connectivity index (χ3v) is 4.45. The fraction of sp³-hybridized carbons (Fsp3) is 0.444. The molecule has 1 aliphatic heterocycles. The molecule has 0 unspecified atom stereocenters. The summed E-state index contributed by atoms with van der Waals surface area (Å²) in [5, 5.41) is 17.2. The molecule has 6 nitrogen and oxygen atoms in total. The first kappa shape index (κ1) is 16.7. The molecule has 1 aromatic carbocycles. The van der Waals surface area contributed by atoms with E-state index in [4.69, 9.17) is 9.84 Å². The molecule has 0 amide bonds. The Labute approximate surface area is 142 Å². The molecule has 0 radical (unpaired) electrons. The van der Waals surface area contributed by atoms with Gasteiger partial charge in [0.1, 0.15) is 11.4 Å². The van der Waals surface area contributed by atoms with Crippen LogP contribution in [0.25, 0.3) is 6.08 Å². The predicted octanol–water partition coefficient (Wildman–Crippen LogP) is 2.13. The molecule has 0 saturated carbocycles. The Bertz CT molecular complexity index is 675. The number of methoxy groups -OCH3 is 1. The van der Waals surface area contributed by atoms with E-state index in [0.29, 0.717) is 11.7 Å². The second kappa shape index (κ2) is 8.08. The van der Waals surface area contributed by atoms with Crippen LogP contribution >= 0.6 is 0 Å². The lowest BCUT2D eigenvalue weighted by Crippen LogP contribution is -2.34. The minimum Gasteiger partial charge on any atom is -0.496 e. The topological polar surface area (TPSA) is 63.4 Å². The van der Waals surface area contributed by atoms with Gasteiger partial charge >= 0.3 is 0 Å². The summed E-state index contributed by atoms with van der Waals surface area (Å²) < 4.78 is 7.26. The van der Waals surface area contributed by atoms with Crippen LogP contribution < -0.4 is 4.74 Å². The van der Waals surface area contributed by atoms with E-state index >= 15 is 0 Å². The summed E-state index contributed by atoms with van der Waals surface area (Å²) >= 11 is 0. The van der Waals surface area contributed by atoms with Crippen molar-refractivity contribution in [2.24, 2.45) is 0 Å². The molecule has 3 rings (SSSR count). The molecule has 1 aliphatic rings. The lowest BCUT2D eigenvalue weighted by atomic mass is 10.1. The van der Waals surface area contributed by atoms with Crippen molar-refractivity contribution < 1.29 is 9.84 Å². The van der Waals surface area contributed by atoms with Crippen molar-refractivity contribution in [1.82, 2.24) is 19.9 Å². The molecular formula is C18H24N4O2. The first-order chi connectivity index (χ1) is 11.8. The summed E-state index contributed by atoms with van der Waals surface area (Å²) in [6, 6.07) is 8.42. The maximum atomic E-state index is 9.08. The van der Waals surface area contributed by atoms with Crippen molar-refractivity contribution in [3.05, 3.63) is 47.8 Å². The summed E-state index contributed by atoms with van der Waals surface area (Å²) in [6.45, 7) is 2.96. The SMILES string of the molecule is COc1ccccc1C=CCN1CCC(n2cc(CO)nn2)CC1. The molecule has 0 spiro atoms. The molecule has 24 heavy (non-hydrogen) atoms. The second-order valence-electron chi connectivity index (χ2n) is 6.02. The first-order valence-electron chi connectivity index (χ1n) is 8.33. The molecule has 6 heteroatoms. The van der Waals surface area contributed by atoms with Gasteiger partial charge in [-0.3, -0.25) is 4.90 Å². The maximum Gasteiger partial charge on any atom is 0.126 e. The van der Waals surface area contributed by atoms with E-state index in [1.807, 2.05) is 29.1 Å². The van der Waals surface area contributed by atoms with Crippen LogP contribution in [-0.2, 0) is 6.61 Å². The minimum atomic E-state index is -0.0490. The van der Waals surface area contributed by atoms with Crippen molar-refractivity contribution in [2.75, 3.05) is 26.7 Å². The number of rotatable bonds is 6. The Hall–Kier alpha value is -2.18. The smallest absolute Gasteiger partial charge is 0.126 e. The first-order valence-corrected chi connectivity index (χ1v) is 8.33. The van der Waals surface area contributed by atoms with Gasteiger partial charge in [0.05, 0.1) is 26.0 Å². The van der Waals surface area contributed by atoms with Crippen LogP contribution in [0.2, 0.25) is 0 Å². The van der Waals surface area contributed by atoms with Gasteiger partial charge in [-0.25, -0.2) is 4.68 Å². The number of hydrogen-bond donors (Lipinski definition) is 1. The molecule has 0 bridgehead atoms. The van der Waals surface area contributed by atoms with Gasteiger partial charge in [0.2, 0.25) is 0 Å². The van der Waals surface area contributed by atoms with Crippen LogP contribution in [0.1, 0.15) is 30.1 Å². The number of aliphatic hydroxyl groups excluding tert-OH is 1. The number of benzene rings is 1. The van der Waals surface area contributed by atoms with Crippen LogP contribution in [0.15, 0.2) is 36.5 Å². The minimum absolute atomic E-state index is 0.0490. The number of piperidine rings is 1. The van der Waals surface area contributed by atoms with Crippen LogP contribution in [0.4, 0.5) is 0 Å². The third-order valence-electron chi connectivity index (χ3n) is 4.45. The zero-order valence-corrected chi connectivity index (χ0v) is 14.0. The highest BCUT2D eigenvalue weighted by Gasteiger charge is 2.20. The van der Waals surface area contributed by atoms with Crippen LogP contribution in [0.5, 0.6) is 5.75 Å². The summed E-state index contributed by atoms with van der Waals surface area (Å²) in [6.07, 6.45) is 8.27. The van der Waals surface area contributed by atoms with Gasteiger partial charge in [0.25, 0.3) is 0 Å². The molecule has 1 saturated heterocycles. The van der Waals surface area contributed by atoms with E-state index in [0.717, 1.165) is 43.8 Å². The molecule has 2 aromatic rings.